The average Bonchev–Trinajstić information content (AvgIpc) is 3.25. The molecule has 2 aromatic carbocycles. The molecule has 0 saturated carbocycles. The third-order valence-corrected chi connectivity index (χ3v) is 8.28. The number of piperidine rings is 1. The molecule has 0 atom stereocenters. The first kappa shape index (κ1) is 23.4. The van der Waals surface area contributed by atoms with Crippen LogP contribution in [0.3, 0.4) is 0 Å². The maximum Gasteiger partial charge on any atom is 0.255 e. The number of nitrogens with one attached hydrogen (secondary N) is 1. The van der Waals surface area contributed by atoms with Crippen LogP contribution in [0.25, 0.3) is 0 Å². The van der Waals surface area contributed by atoms with E-state index in [9.17, 15) is 13.2 Å². The minimum absolute atomic E-state index is 0.195. The summed E-state index contributed by atoms with van der Waals surface area (Å²) in [6.07, 6.45) is 2.79. The highest BCUT2D eigenvalue weighted by atomic mass is 32.2. The van der Waals surface area contributed by atoms with Gasteiger partial charge in [-0.15, -0.1) is 11.3 Å². The summed E-state index contributed by atoms with van der Waals surface area (Å²) >= 11 is 1.56. The molecule has 1 saturated heterocycles. The molecule has 2 heterocycles. The summed E-state index contributed by atoms with van der Waals surface area (Å²) in [6, 6.07) is 11.8. The number of thiazole rings is 1. The average molecular weight is 486 g/mol. The molecule has 4 rings (SSSR count). The van der Waals surface area contributed by atoms with Crippen molar-refractivity contribution >= 4 is 33.0 Å². The van der Waals surface area contributed by atoms with Crippen molar-refractivity contribution in [2.24, 2.45) is 0 Å². The topological polar surface area (TPSA) is 88.6 Å². The van der Waals surface area contributed by atoms with E-state index in [2.05, 4.69) is 10.3 Å². The fourth-order valence-corrected chi connectivity index (χ4v) is 5.85. The quantitative estimate of drug-likeness (QED) is 0.521. The van der Waals surface area contributed by atoms with Crippen molar-refractivity contribution in [1.82, 2.24) is 9.29 Å². The van der Waals surface area contributed by atoms with Crippen LogP contribution in [0.2, 0.25) is 0 Å². The van der Waals surface area contributed by atoms with Crippen LogP contribution in [-0.4, -0.2) is 36.7 Å². The predicted octanol–water partition coefficient (Wildman–Crippen LogP) is 4.77. The maximum atomic E-state index is 13.0. The van der Waals surface area contributed by atoms with Gasteiger partial charge in [-0.3, -0.25) is 4.79 Å². The van der Waals surface area contributed by atoms with Crippen LogP contribution in [0.1, 0.15) is 45.9 Å². The van der Waals surface area contributed by atoms with Crippen molar-refractivity contribution in [3.05, 3.63) is 69.7 Å². The van der Waals surface area contributed by atoms with Crippen LogP contribution >= 0.6 is 11.3 Å². The second-order valence-electron chi connectivity index (χ2n) is 8.07. The molecule has 1 aromatic heterocycles. The molecule has 0 unspecified atom stereocenters. The number of hydrogen-bond donors (Lipinski definition) is 1. The van der Waals surface area contributed by atoms with E-state index in [1.54, 1.807) is 53.8 Å². The van der Waals surface area contributed by atoms with E-state index in [0.717, 1.165) is 35.5 Å². The van der Waals surface area contributed by atoms with E-state index in [4.69, 9.17) is 4.74 Å². The van der Waals surface area contributed by atoms with Crippen molar-refractivity contribution in [1.29, 1.82) is 0 Å². The van der Waals surface area contributed by atoms with Crippen molar-refractivity contribution in [2.45, 2.75) is 44.6 Å². The zero-order chi connectivity index (χ0) is 23.4. The molecular formula is C24H27N3O4S2. The van der Waals surface area contributed by atoms with Gasteiger partial charge in [0.15, 0.2) is 0 Å². The zero-order valence-corrected chi connectivity index (χ0v) is 20.3. The summed E-state index contributed by atoms with van der Waals surface area (Å²) in [7, 11) is -3.58. The monoisotopic (exact) mass is 485 g/mol. The van der Waals surface area contributed by atoms with Crippen molar-refractivity contribution in [3.8, 4) is 5.75 Å². The SMILES string of the molecule is Cc1nc(COc2cccc(C(=O)Nc3cc(S(=O)(=O)N4CCCCC4)ccc3C)c2)cs1. The molecular weight excluding hydrogens is 458 g/mol. The van der Waals surface area contributed by atoms with E-state index in [-0.39, 0.29) is 10.8 Å². The highest BCUT2D eigenvalue weighted by Crippen LogP contribution is 2.26. The summed E-state index contributed by atoms with van der Waals surface area (Å²) in [5.41, 5.74) is 2.52. The maximum absolute atomic E-state index is 13.0. The van der Waals surface area contributed by atoms with Gasteiger partial charge in [-0.25, -0.2) is 13.4 Å². The largest absolute Gasteiger partial charge is 0.487 e. The lowest BCUT2D eigenvalue weighted by molar-refractivity contribution is 0.102. The molecule has 1 fully saturated rings. The number of ether oxygens (including phenoxy) is 1. The molecule has 174 valence electrons. The number of carbonyl (C=O) groups is 1. The summed E-state index contributed by atoms with van der Waals surface area (Å²) in [6.45, 7) is 5.16. The van der Waals surface area contributed by atoms with Crippen LogP contribution in [0.5, 0.6) is 5.75 Å². The first-order valence-electron chi connectivity index (χ1n) is 10.9. The molecule has 1 aliphatic rings. The van der Waals surface area contributed by atoms with Gasteiger partial charge in [0.05, 0.1) is 15.6 Å². The summed E-state index contributed by atoms with van der Waals surface area (Å²) in [4.78, 5) is 17.5. The van der Waals surface area contributed by atoms with E-state index in [0.29, 0.717) is 36.7 Å². The van der Waals surface area contributed by atoms with Crippen molar-refractivity contribution in [2.75, 3.05) is 18.4 Å². The van der Waals surface area contributed by atoms with Gasteiger partial charge in [0.25, 0.3) is 5.91 Å². The first-order valence-corrected chi connectivity index (χ1v) is 13.2. The number of amides is 1. The lowest BCUT2D eigenvalue weighted by atomic mass is 10.1. The van der Waals surface area contributed by atoms with Crippen LogP contribution in [0, 0.1) is 13.8 Å². The molecule has 7 nitrogen and oxygen atoms in total. The molecule has 1 aliphatic heterocycles. The van der Waals surface area contributed by atoms with E-state index < -0.39 is 10.0 Å². The molecule has 1 N–H and O–H groups in total. The number of aromatic nitrogens is 1. The lowest BCUT2D eigenvalue weighted by Gasteiger charge is -2.26. The van der Waals surface area contributed by atoms with Crippen LogP contribution < -0.4 is 10.1 Å². The van der Waals surface area contributed by atoms with Crippen LogP contribution in [-0.2, 0) is 16.6 Å². The fourth-order valence-electron chi connectivity index (χ4n) is 3.70. The third kappa shape index (κ3) is 5.61. The lowest BCUT2D eigenvalue weighted by Crippen LogP contribution is -2.35. The third-order valence-electron chi connectivity index (χ3n) is 5.56. The van der Waals surface area contributed by atoms with Gasteiger partial charge in [0.1, 0.15) is 12.4 Å². The Morgan fingerprint density at radius 3 is 2.64 bits per heavy atom. The Morgan fingerprint density at radius 1 is 1.12 bits per heavy atom. The zero-order valence-electron chi connectivity index (χ0n) is 18.7. The van der Waals surface area contributed by atoms with Gasteiger partial charge in [0, 0.05) is 29.7 Å². The molecule has 0 spiro atoms. The molecule has 0 bridgehead atoms. The number of rotatable bonds is 7. The Kier molecular flexibility index (Phi) is 7.11. The highest BCUT2D eigenvalue weighted by Gasteiger charge is 2.26. The number of anilines is 1. The van der Waals surface area contributed by atoms with E-state index >= 15 is 0 Å². The Balaban J connectivity index is 1.48. The normalized spacial score (nSPS) is 14.7. The summed E-state index contributed by atoms with van der Waals surface area (Å²) in [5, 5.41) is 5.78. The van der Waals surface area contributed by atoms with Gasteiger partial charge < -0.3 is 10.1 Å². The second-order valence-corrected chi connectivity index (χ2v) is 11.1. The van der Waals surface area contributed by atoms with Gasteiger partial charge in [-0.05, 0) is 62.6 Å². The highest BCUT2D eigenvalue weighted by molar-refractivity contribution is 7.89. The second kappa shape index (κ2) is 10.0. The number of sulfonamides is 1. The van der Waals surface area contributed by atoms with Gasteiger partial charge >= 0.3 is 0 Å². The Morgan fingerprint density at radius 2 is 1.91 bits per heavy atom. The molecule has 0 radical (unpaired) electrons. The molecule has 3 aromatic rings. The number of nitrogens with zero attached hydrogens (tertiary/aromatic N) is 2. The number of benzene rings is 2. The Bertz CT molecular complexity index is 1250. The van der Waals surface area contributed by atoms with Gasteiger partial charge in [-0.1, -0.05) is 18.6 Å². The molecule has 0 aliphatic carbocycles. The van der Waals surface area contributed by atoms with E-state index in [1.165, 1.54) is 4.31 Å². The summed E-state index contributed by atoms with van der Waals surface area (Å²) in [5.74, 6) is 0.229. The van der Waals surface area contributed by atoms with Crippen LogP contribution in [0.15, 0.2) is 52.7 Å². The number of carbonyl (C=O) groups excluding carboxylic acids is 1. The van der Waals surface area contributed by atoms with Crippen molar-refractivity contribution in [3.63, 3.8) is 0 Å². The molecule has 1 amide bonds. The smallest absolute Gasteiger partial charge is 0.255 e. The predicted molar refractivity (Wildman–Crippen MR) is 129 cm³/mol. The molecule has 9 heteroatoms. The van der Waals surface area contributed by atoms with Crippen LogP contribution in [0.4, 0.5) is 5.69 Å². The van der Waals surface area contributed by atoms with Gasteiger partial charge in [0.2, 0.25) is 10.0 Å². The Labute approximate surface area is 198 Å². The van der Waals surface area contributed by atoms with Gasteiger partial charge in [-0.2, -0.15) is 4.31 Å². The van der Waals surface area contributed by atoms with E-state index in [1.807, 2.05) is 19.2 Å². The first-order chi connectivity index (χ1) is 15.8. The standard InChI is InChI=1S/C24H27N3O4S2/c1-17-9-10-22(33(29,30)27-11-4-3-5-12-27)14-23(17)26-24(28)19-7-6-8-21(13-19)31-15-20-16-32-18(2)25-20/h6-10,13-14,16H,3-5,11-12,15H2,1-2H3,(H,26,28). The number of aryl methyl sites for hydroxylation is 2. The molecule has 33 heavy (non-hydrogen) atoms. The minimum Gasteiger partial charge on any atom is -0.487 e. The Hall–Kier alpha value is -2.75. The number of hydrogen-bond acceptors (Lipinski definition) is 6. The minimum atomic E-state index is -3.58. The fraction of sp³-hybridized carbons (Fsp3) is 0.333. The summed E-state index contributed by atoms with van der Waals surface area (Å²) < 4.78 is 33.4. The van der Waals surface area contributed by atoms with Crippen molar-refractivity contribution < 1.29 is 17.9 Å².